The molecule has 1 aromatic carbocycles. The summed E-state index contributed by atoms with van der Waals surface area (Å²) in [5, 5.41) is 3.12. The average Bonchev–Trinajstić information content (AvgIpc) is 2.67. The number of rotatable bonds is 4. The molecule has 0 saturated carbocycles. The summed E-state index contributed by atoms with van der Waals surface area (Å²) in [6.07, 6.45) is -2.22. The SMILES string of the molecule is CCc1ccc(C2CNCCN2S(=O)(=O)c2cnccc2C(F)(F)F)cc1. The van der Waals surface area contributed by atoms with Gasteiger partial charge in [0.05, 0.1) is 11.6 Å². The van der Waals surface area contributed by atoms with E-state index in [-0.39, 0.29) is 6.54 Å². The third-order valence-electron chi connectivity index (χ3n) is 4.64. The smallest absolute Gasteiger partial charge is 0.313 e. The van der Waals surface area contributed by atoms with Crippen molar-refractivity contribution in [2.75, 3.05) is 19.6 Å². The molecule has 27 heavy (non-hydrogen) atoms. The van der Waals surface area contributed by atoms with Gasteiger partial charge in [-0.2, -0.15) is 17.5 Å². The van der Waals surface area contributed by atoms with Gasteiger partial charge >= 0.3 is 6.18 Å². The molecule has 1 aromatic heterocycles. The highest BCUT2D eigenvalue weighted by molar-refractivity contribution is 7.89. The molecule has 2 aromatic rings. The minimum atomic E-state index is -4.78. The molecule has 0 aliphatic carbocycles. The lowest BCUT2D eigenvalue weighted by Gasteiger charge is -2.36. The monoisotopic (exact) mass is 399 g/mol. The summed E-state index contributed by atoms with van der Waals surface area (Å²) in [6, 6.07) is 7.57. The molecule has 0 radical (unpaired) electrons. The Morgan fingerprint density at radius 3 is 2.56 bits per heavy atom. The van der Waals surface area contributed by atoms with E-state index in [1.165, 1.54) is 0 Å². The van der Waals surface area contributed by atoms with Crippen LogP contribution < -0.4 is 5.32 Å². The Hall–Kier alpha value is -1.97. The maximum Gasteiger partial charge on any atom is 0.417 e. The van der Waals surface area contributed by atoms with E-state index >= 15 is 0 Å². The Balaban J connectivity index is 2.04. The third kappa shape index (κ3) is 3.99. The van der Waals surface area contributed by atoms with Gasteiger partial charge in [0.1, 0.15) is 4.90 Å². The molecule has 1 aliphatic heterocycles. The van der Waals surface area contributed by atoms with E-state index < -0.39 is 32.7 Å². The number of pyridine rings is 1. The summed E-state index contributed by atoms with van der Waals surface area (Å²) in [7, 11) is -4.38. The van der Waals surface area contributed by atoms with E-state index in [1.54, 1.807) is 0 Å². The van der Waals surface area contributed by atoms with Crippen LogP contribution in [0.25, 0.3) is 0 Å². The Morgan fingerprint density at radius 1 is 1.22 bits per heavy atom. The number of halogens is 3. The maximum atomic E-state index is 13.3. The van der Waals surface area contributed by atoms with Crippen LogP contribution in [0.5, 0.6) is 0 Å². The molecule has 1 N–H and O–H groups in total. The molecule has 3 rings (SSSR count). The molecule has 1 atom stereocenters. The van der Waals surface area contributed by atoms with Crippen molar-refractivity contribution in [3.63, 3.8) is 0 Å². The highest BCUT2D eigenvalue weighted by Crippen LogP contribution is 2.37. The summed E-state index contributed by atoms with van der Waals surface area (Å²) in [4.78, 5) is 2.81. The van der Waals surface area contributed by atoms with E-state index in [1.807, 2.05) is 31.2 Å². The van der Waals surface area contributed by atoms with E-state index in [9.17, 15) is 21.6 Å². The molecule has 1 aliphatic rings. The lowest BCUT2D eigenvalue weighted by atomic mass is 10.0. The van der Waals surface area contributed by atoms with Crippen LogP contribution in [-0.2, 0) is 22.6 Å². The van der Waals surface area contributed by atoms with Gasteiger partial charge in [-0.25, -0.2) is 8.42 Å². The lowest BCUT2D eigenvalue weighted by molar-refractivity contribution is -0.140. The summed E-state index contributed by atoms with van der Waals surface area (Å²) in [5.41, 5.74) is 0.639. The van der Waals surface area contributed by atoms with Gasteiger partial charge in [0.2, 0.25) is 10.0 Å². The number of piperazine rings is 1. The number of nitrogens with one attached hydrogen (secondary N) is 1. The average molecular weight is 399 g/mol. The number of hydrogen-bond acceptors (Lipinski definition) is 4. The fraction of sp³-hybridized carbons (Fsp3) is 0.389. The largest absolute Gasteiger partial charge is 0.417 e. The van der Waals surface area contributed by atoms with E-state index in [0.717, 1.165) is 34.2 Å². The van der Waals surface area contributed by atoms with Crippen molar-refractivity contribution in [2.45, 2.75) is 30.5 Å². The van der Waals surface area contributed by atoms with Gasteiger partial charge in [-0.05, 0) is 23.6 Å². The number of aryl methyl sites for hydroxylation is 1. The topological polar surface area (TPSA) is 62.3 Å². The number of sulfonamides is 1. The molecule has 1 fully saturated rings. The van der Waals surface area contributed by atoms with Gasteiger partial charge in [-0.3, -0.25) is 4.98 Å². The van der Waals surface area contributed by atoms with Crippen LogP contribution in [0.1, 0.15) is 29.7 Å². The van der Waals surface area contributed by atoms with Crippen molar-refractivity contribution in [1.82, 2.24) is 14.6 Å². The zero-order valence-electron chi connectivity index (χ0n) is 14.7. The van der Waals surface area contributed by atoms with Crippen LogP contribution in [0.15, 0.2) is 47.6 Å². The van der Waals surface area contributed by atoms with Gasteiger partial charge in [-0.15, -0.1) is 0 Å². The van der Waals surface area contributed by atoms with Crippen LogP contribution in [0.2, 0.25) is 0 Å². The van der Waals surface area contributed by atoms with Crippen LogP contribution in [0.4, 0.5) is 13.2 Å². The zero-order valence-corrected chi connectivity index (χ0v) is 15.5. The second-order valence-electron chi connectivity index (χ2n) is 6.30. The second-order valence-corrected chi connectivity index (χ2v) is 8.16. The van der Waals surface area contributed by atoms with Crippen molar-refractivity contribution in [3.05, 3.63) is 59.4 Å². The molecule has 0 spiro atoms. The predicted molar refractivity (Wildman–Crippen MR) is 94.6 cm³/mol. The molecule has 0 amide bonds. The number of benzene rings is 1. The van der Waals surface area contributed by atoms with Crippen molar-refractivity contribution >= 4 is 10.0 Å². The third-order valence-corrected chi connectivity index (χ3v) is 6.58. The quantitative estimate of drug-likeness (QED) is 0.859. The van der Waals surface area contributed by atoms with Crippen LogP contribution in [0.3, 0.4) is 0 Å². The van der Waals surface area contributed by atoms with Crippen molar-refractivity contribution in [1.29, 1.82) is 0 Å². The van der Waals surface area contributed by atoms with Crippen molar-refractivity contribution < 1.29 is 21.6 Å². The Bertz CT molecular complexity index is 899. The summed E-state index contributed by atoms with van der Waals surface area (Å²) in [5.74, 6) is 0. The van der Waals surface area contributed by atoms with Crippen LogP contribution in [-0.4, -0.2) is 37.3 Å². The van der Waals surface area contributed by atoms with Crippen LogP contribution in [0, 0.1) is 0 Å². The summed E-state index contributed by atoms with van der Waals surface area (Å²) in [6.45, 7) is 2.78. The predicted octanol–water partition coefficient (Wildman–Crippen LogP) is 3.00. The molecule has 9 heteroatoms. The fourth-order valence-electron chi connectivity index (χ4n) is 3.18. The van der Waals surface area contributed by atoms with Gasteiger partial charge < -0.3 is 5.32 Å². The highest BCUT2D eigenvalue weighted by Gasteiger charge is 2.41. The highest BCUT2D eigenvalue weighted by atomic mass is 32.2. The lowest BCUT2D eigenvalue weighted by Crippen LogP contribution is -2.48. The molecular weight excluding hydrogens is 379 g/mol. The first kappa shape index (κ1) is 19.8. The maximum absolute atomic E-state index is 13.3. The normalized spacial score (nSPS) is 19.2. The fourth-order valence-corrected chi connectivity index (χ4v) is 4.95. The standard InChI is InChI=1S/C18H20F3N3O2S/c1-2-13-3-5-14(6-4-13)16-11-23-9-10-24(16)27(25,26)17-12-22-8-7-15(17)18(19,20)21/h3-8,12,16,23H,2,9-11H2,1H3. The molecule has 2 heterocycles. The van der Waals surface area contributed by atoms with Gasteiger partial charge in [0.15, 0.2) is 0 Å². The summed E-state index contributed by atoms with van der Waals surface area (Å²) >= 11 is 0. The van der Waals surface area contributed by atoms with Crippen molar-refractivity contribution in [3.8, 4) is 0 Å². The van der Waals surface area contributed by atoms with E-state index in [2.05, 4.69) is 10.3 Å². The Labute approximate surface area is 156 Å². The van der Waals surface area contributed by atoms with Gasteiger partial charge in [0, 0.05) is 32.0 Å². The Kier molecular flexibility index (Phi) is 5.55. The van der Waals surface area contributed by atoms with E-state index in [4.69, 9.17) is 0 Å². The molecule has 146 valence electrons. The minimum Gasteiger partial charge on any atom is -0.313 e. The summed E-state index contributed by atoms with van der Waals surface area (Å²) < 4.78 is 67.4. The van der Waals surface area contributed by atoms with Gasteiger partial charge in [0.25, 0.3) is 0 Å². The number of nitrogens with zero attached hydrogens (tertiary/aromatic N) is 2. The number of aromatic nitrogens is 1. The second kappa shape index (κ2) is 7.57. The zero-order chi connectivity index (χ0) is 19.7. The number of hydrogen-bond donors (Lipinski definition) is 1. The first-order valence-corrected chi connectivity index (χ1v) is 10.0. The molecule has 1 saturated heterocycles. The molecule has 5 nitrogen and oxygen atoms in total. The molecule has 0 bridgehead atoms. The van der Waals surface area contributed by atoms with E-state index in [0.29, 0.717) is 19.2 Å². The Morgan fingerprint density at radius 2 is 1.93 bits per heavy atom. The van der Waals surface area contributed by atoms with Gasteiger partial charge in [-0.1, -0.05) is 31.2 Å². The van der Waals surface area contributed by atoms with Crippen LogP contribution >= 0.6 is 0 Å². The first-order chi connectivity index (χ1) is 12.7. The molecular formula is C18H20F3N3O2S. The molecule has 1 unspecified atom stereocenters. The van der Waals surface area contributed by atoms with Crippen molar-refractivity contribution in [2.24, 2.45) is 0 Å². The first-order valence-electron chi connectivity index (χ1n) is 8.57. The number of alkyl halides is 3. The minimum absolute atomic E-state index is 0.0781.